The Labute approximate surface area is 144 Å². The molecule has 1 aromatic carbocycles. The van der Waals surface area contributed by atoms with Crippen molar-refractivity contribution in [3.05, 3.63) is 24.0 Å². The van der Waals surface area contributed by atoms with Crippen molar-refractivity contribution in [2.75, 3.05) is 48.4 Å². The lowest BCUT2D eigenvalue weighted by atomic mass is 10.1. The molecule has 132 valence electrons. The van der Waals surface area contributed by atoms with Crippen molar-refractivity contribution >= 4 is 37.0 Å². The summed E-state index contributed by atoms with van der Waals surface area (Å²) >= 11 is 0. The van der Waals surface area contributed by atoms with Gasteiger partial charge < -0.3 is 14.5 Å². The SMILES string of the molecule is O=C1CC(CS(=O)(=O)Cl)CN1c1ccc(N2CCOCC2)c(F)c1. The molecule has 2 saturated heterocycles. The van der Waals surface area contributed by atoms with E-state index in [0.29, 0.717) is 37.7 Å². The van der Waals surface area contributed by atoms with Crippen LogP contribution in [0.1, 0.15) is 6.42 Å². The Morgan fingerprint density at radius 3 is 2.62 bits per heavy atom. The van der Waals surface area contributed by atoms with E-state index in [-0.39, 0.29) is 30.5 Å². The number of amides is 1. The number of carbonyl (C=O) groups is 1. The summed E-state index contributed by atoms with van der Waals surface area (Å²) in [6.45, 7) is 2.57. The van der Waals surface area contributed by atoms with Gasteiger partial charge in [0, 0.05) is 48.3 Å². The summed E-state index contributed by atoms with van der Waals surface area (Å²) in [4.78, 5) is 15.4. The number of morpholine rings is 1. The highest BCUT2D eigenvalue weighted by atomic mass is 35.7. The summed E-state index contributed by atoms with van der Waals surface area (Å²) < 4.78 is 42.0. The molecule has 2 heterocycles. The van der Waals surface area contributed by atoms with Gasteiger partial charge in [-0.15, -0.1) is 0 Å². The molecule has 0 aliphatic carbocycles. The van der Waals surface area contributed by atoms with Gasteiger partial charge in [-0.2, -0.15) is 0 Å². The third kappa shape index (κ3) is 3.99. The van der Waals surface area contributed by atoms with Crippen LogP contribution in [0.3, 0.4) is 0 Å². The second-order valence-corrected chi connectivity index (χ2v) is 8.84. The van der Waals surface area contributed by atoms with Gasteiger partial charge in [0.25, 0.3) is 0 Å². The average molecular weight is 377 g/mol. The summed E-state index contributed by atoms with van der Waals surface area (Å²) in [6, 6.07) is 4.65. The standard InChI is InChI=1S/C15H18ClFN2O4S/c16-24(21,22)10-11-7-15(20)19(9-11)12-1-2-14(13(17)8-12)18-3-5-23-6-4-18/h1-2,8,11H,3-7,9-10H2. The molecule has 3 rings (SSSR count). The average Bonchev–Trinajstić information content (AvgIpc) is 2.86. The fraction of sp³-hybridized carbons (Fsp3) is 0.533. The first-order valence-electron chi connectivity index (χ1n) is 7.68. The Morgan fingerprint density at radius 1 is 1.29 bits per heavy atom. The number of hydrogen-bond acceptors (Lipinski definition) is 5. The first-order chi connectivity index (χ1) is 11.3. The van der Waals surface area contributed by atoms with E-state index < -0.39 is 14.9 Å². The molecule has 1 atom stereocenters. The number of benzene rings is 1. The molecule has 0 N–H and O–H groups in total. The van der Waals surface area contributed by atoms with Crippen molar-refractivity contribution in [3.8, 4) is 0 Å². The van der Waals surface area contributed by atoms with Crippen LogP contribution in [0.4, 0.5) is 15.8 Å². The van der Waals surface area contributed by atoms with Crippen LogP contribution < -0.4 is 9.80 Å². The van der Waals surface area contributed by atoms with Crippen molar-refractivity contribution in [3.63, 3.8) is 0 Å². The van der Waals surface area contributed by atoms with E-state index in [0.717, 1.165) is 0 Å². The summed E-state index contributed by atoms with van der Waals surface area (Å²) in [5.74, 6) is -1.26. The van der Waals surface area contributed by atoms with E-state index in [2.05, 4.69) is 0 Å². The normalized spacial score (nSPS) is 22.2. The summed E-state index contributed by atoms with van der Waals surface area (Å²) in [6.07, 6.45) is 0.0960. The van der Waals surface area contributed by atoms with Crippen LogP contribution in [0.15, 0.2) is 18.2 Å². The topological polar surface area (TPSA) is 66.9 Å². The van der Waals surface area contributed by atoms with E-state index in [1.165, 1.54) is 11.0 Å². The molecule has 0 spiro atoms. The van der Waals surface area contributed by atoms with Gasteiger partial charge in [0.1, 0.15) is 5.82 Å². The molecule has 2 aliphatic heterocycles. The maximum Gasteiger partial charge on any atom is 0.232 e. The number of anilines is 2. The molecule has 1 amide bonds. The van der Waals surface area contributed by atoms with Gasteiger partial charge in [0.2, 0.25) is 15.0 Å². The van der Waals surface area contributed by atoms with E-state index in [9.17, 15) is 17.6 Å². The van der Waals surface area contributed by atoms with Gasteiger partial charge in [-0.25, -0.2) is 12.8 Å². The number of nitrogens with zero attached hydrogens (tertiary/aromatic N) is 2. The molecule has 0 aromatic heterocycles. The quantitative estimate of drug-likeness (QED) is 0.746. The van der Waals surface area contributed by atoms with Crippen LogP contribution in [0.5, 0.6) is 0 Å². The Balaban J connectivity index is 1.75. The summed E-state index contributed by atoms with van der Waals surface area (Å²) in [7, 11) is 1.59. The number of carbonyl (C=O) groups excluding carboxylic acids is 1. The van der Waals surface area contributed by atoms with E-state index in [4.69, 9.17) is 15.4 Å². The minimum absolute atomic E-state index is 0.0960. The van der Waals surface area contributed by atoms with E-state index in [1.807, 2.05) is 4.90 Å². The Hall–Kier alpha value is -1.38. The highest BCUT2D eigenvalue weighted by molar-refractivity contribution is 8.13. The van der Waals surface area contributed by atoms with Crippen LogP contribution in [0.2, 0.25) is 0 Å². The fourth-order valence-corrected chi connectivity index (χ4v) is 4.47. The van der Waals surface area contributed by atoms with Crippen molar-refractivity contribution in [2.45, 2.75) is 6.42 Å². The number of halogens is 2. The smallest absolute Gasteiger partial charge is 0.232 e. The number of hydrogen-bond donors (Lipinski definition) is 0. The maximum absolute atomic E-state index is 14.4. The zero-order valence-corrected chi connectivity index (χ0v) is 14.5. The largest absolute Gasteiger partial charge is 0.378 e. The predicted octanol–water partition coefficient (Wildman–Crippen LogP) is 1.58. The molecule has 24 heavy (non-hydrogen) atoms. The Morgan fingerprint density at radius 2 is 2.00 bits per heavy atom. The van der Waals surface area contributed by atoms with Gasteiger partial charge in [0.05, 0.1) is 24.7 Å². The lowest BCUT2D eigenvalue weighted by molar-refractivity contribution is -0.117. The zero-order chi connectivity index (χ0) is 17.3. The third-order valence-corrected chi connectivity index (χ3v) is 5.48. The zero-order valence-electron chi connectivity index (χ0n) is 13.0. The van der Waals surface area contributed by atoms with Gasteiger partial charge >= 0.3 is 0 Å². The molecule has 1 aromatic rings. The summed E-state index contributed by atoms with van der Waals surface area (Å²) in [5, 5.41) is 0. The van der Waals surface area contributed by atoms with Crippen molar-refractivity contribution in [1.82, 2.24) is 0 Å². The fourth-order valence-electron chi connectivity index (χ4n) is 3.15. The van der Waals surface area contributed by atoms with Crippen molar-refractivity contribution in [1.29, 1.82) is 0 Å². The van der Waals surface area contributed by atoms with Gasteiger partial charge in [-0.05, 0) is 18.2 Å². The third-order valence-electron chi connectivity index (χ3n) is 4.23. The first-order valence-corrected chi connectivity index (χ1v) is 10.2. The van der Waals surface area contributed by atoms with Crippen LogP contribution >= 0.6 is 10.7 Å². The van der Waals surface area contributed by atoms with Crippen LogP contribution in [-0.4, -0.2) is 52.9 Å². The van der Waals surface area contributed by atoms with Crippen LogP contribution in [0.25, 0.3) is 0 Å². The maximum atomic E-state index is 14.4. The molecule has 9 heteroatoms. The lowest BCUT2D eigenvalue weighted by Crippen LogP contribution is -2.36. The second-order valence-electron chi connectivity index (χ2n) is 6.02. The molecule has 0 bridgehead atoms. The molecular formula is C15H18ClFN2O4S. The Kier molecular flexibility index (Phi) is 4.98. The molecule has 2 fully saturated rings. The monoisotopic (exact) mass is 376 g/mol. The molecule has 0 radical (unpaired) electrons. The lowest BCUT2D eigenvalue weighted by Gasteiger charge is -2.29. The summed E-state index contributed by atoms with van der Waals surface area (Å²) in [5.41, 5.74) is 0.914. The minimum Gasteiger partial charge on any atom is -0.378 e. The number of rotatable bonds is 4. The molecule has 0 saturated carbocycles. The van der Waals surface area contributed by atoms with E-state index in [1.54, 1.807) is 12.1 Å². The van der Waals surface area contributed by atoms with Gasteiger partial charge in [-0.1, -0.05) is 0 Å². The number of ether oxygens (including phenoxy) is 1. The highest BCUT2D eigenvalue weighted by Crippen LogP contribution is 2.30. The molecular weight excluding hydrogens is 359 g/mol. The van der Waals surface area contributed by atoms with E-state index >= 15 is 0 Å². The predicted molar refractivity (Wildman–Crippen MR) is 89.5 cm³/mol. The first kappa shape index (κ1) is 17.4. The molecule has 1 unspecified atom stereocenters. The van der Waals surface area contributed by atoms with Crippen molar-refractivity contribution in [2.24, 2.45) is 5.92 Å². The second kappa shape index (κ2) is 6.85. The van der Waals surface area contributed by atoms with Crippen LogP contribution in [0, 0.1) is 11.7 Å². The van der Waals surface area contributed by atoms with Gasteiger partial charge in [0.15, 0.2) is 0 Å². The Bertz CT molecular complexity index is 737. The van der Waals surface area contributed by atoms with Crippen molar-refractivity contribution < 1.29 is 22.3 Å². The molecule has 6 nitrogen and oxygen atoms in total. The van der Waals surface area contributed by atoms with Gasteiger partial charge in [-0.3, -0.25) is 4.79 Å². The highest BCUT2D eigenvalue weighted by Gasteiger charge is 2.33. The van der Waals surface area contributed by atoms with Crippen LogP contribution in [-0.2, 0) is 18.6 Å². The minimum atomic E-state index is -3.67. The molecule has 2 aliphatic rings.